The zero-order valence-corrected chi connectivity index (χ0v) is 21.2. The summed E-state index contributed by atoms with van der Waals surface area (Å²) in [5, 5.41) is 26.6. The summed E-state index contributed by atoms with van der Waals surface area (Å²) in [6, 6.07) is 4.05. The van der Waals surface area contributed by atoms with Gasteiger partial charge < -0.3 is 43.4 Å². The minimum Gasteiger partial charge on any atom is -0.480 e. The molecule has 3 amide bonds. The molecule has 0 heterocycles. The van der Waals surface area contributed by atoms with Crippen LogP contribution in [0.4, 0.5) is 0 Å². The number of aliphatic carboxylic acids is 1. The first-order valence-electron chi connectivity index (χ1n) is 12.1. The molecule has 0 bridgehead atoms. The Balaban J connectivity index is 2.98. The molecule has 0 aromatic heterocycles. The molecule has 0 saturated carbocycles. The predicted octanol–water partition coefficient (Wildman–Crippen LogP) is -1.81. The van der Waals surface area contributed by atoms with Gasteiger partial charge in [-0.2, -0.15) is 0 Å². The molecule has 0 aliphatic heterocycles. The van der Waals surface area contributed by atoms with Crippen molar-refractivity contribution in [3.63, 3.8) is 0 Å². The number of carbonyl (C=O) groups is 4. The molecule has 0 saturated heterocycles. The molecule has 206 valence electrons. The number of carboxylic acid groups (broad SMARTS) is 1. The van der Waals surface area contributed by atoms with Gasteiger partial charge in [-0.25, -0.2) is 4.79 Å². The number of nitrogens with zero attached hydrogens (tertiary/aromatic N) is 1. The molecular formula is C24H39N7O6. The van der Waals surface area contributed by atoms with Crippen molar-refractivity contribution in [1.29, 1.82) is 0 Å². The summed E-state index contributed by atoms with van der Waals surface area (Å²) < 4.78 is 0. The third-order valence-electron chi connectivity index (χ3n) is 5.85. The van der Waals surface area contributed by atoms with E-state index >= 15 is 0 Å². The highest BCUT2D eigenvalue weighted by Gasteiger charge is 2.30. The van der Waals surface area contributed by atoms with Crippen LogP contribution in [-0.2, 0) is 25.6 Å². The van der Waals surface area contributed by atoms with E-state index in [1.807, 2.05) is 6.92 Å². The van der Waals surface area contributed by atoms with Gasteiger partial charge in [0.1, 0.15) is 18.1 Å². The quantitative estimate of drug-likeness (QED) is 0.0694. The summed E-state index contributed by atoms with van der Waals surface area (Å²) in [6.07, 6.45) is 1.00. The SMILES string of the molecule is CCC(C)C(N)C(=O)NC(CO)C(=O)NC(CCCN=C(N)N)C(=O)NC(Cc1ccccc1)C(=O)O. The smallest absolute Gasteiger partial charge is 0.326 e. The van der Waals surface area contributed by atoms with E-state index in [4.69, 9.17) is 17.2 Å². The van der Waals surface area contributed by atoms with Crippen molar-refractivity contribution < 1.29 is 29.4 Å². The fraction of sp³-hybridized carbons (Fsp3) is 0.542. The summed E-state index contributed by atoms with van der Waals surface area (Å²) in [6.45, 7) is 3.07. The Morgan fingerprint density at radius 1 is 0.946 bits per heavy atom. The van der Waals surface area contributed by atoms with Gasteiger partial charge in [0.05, 0.1) is 12.6 Å². The number of hydrogen-bond donors (Lipinski definition) is 8. The maximum atomic E-state index is 13.0. The number of hydrogen-bond acceptors (Lipinski definition) is 7. The van der Waals surface area contributed by atoms with Crippen LogP contribution >= 0.6 is 0 Å². The van der Waals surface area contributed by atoms with Gasteiger partial charge in [0.25, 0.3) is 0 Å². The Morgan fingerprint density at radius 2 is 1.51 bits per heavy atom. The Labute approximate surface area is 216 Å². The largest absolute Gasteiger partial charge is 0.480 e. The molecule has 5 unspecified atom stereocenters. The third kappa shape index (κ3) is 11.3. The number of carboxylic acids is 1. The van der Waals surface area contributed by atoms with Crippen molar-refractivity contribution in [3.05, 3.63) is 35.9 Å². The fourth-order valence-electron chi connectivity index (χ4n) is 3.34. The van der Waals surface area contributed by atoms with E-state index in [9.17, 15) is 29.4 Å². The van der Waals surface area contributed by atoms with E-state index < -0.39 is 54.5 Å². The number of amides is 3. The standard InChI is InChI=1S/C24H39N7O6/c1-3-14(2)19(25)22(35)31-18(13-32)21(34)29-16(10-7-11-28-24(26)27)20(33)30-17(23(36)37)12-15-8-5-4-6-9-15/h4-6,8-9,14,16-19,32H,3,7,10-13,25H2,1-2H3,(H,29,34)(H,30,33)(H,31,35)(H,36,37)(H4,26,27,28). The maximum Gasteiger partial charge on any atom is 0.326 e. The molecule has 1 aromatic rings. The Bertz CT molecular complexity index is 923. The zero-order chi connectivity index (χ0) is 28.0. The summed E-state index contributed by atoms with van der Waals surface area (Å²) in [7, 11) is 0. The first-order chi connectivity index (χ1) is 17.5. The van der Waals surface area contributed by atoms with Crippen molar-refractivity contribution >= 4 is 29.7 Å². The van der Waals surface area contributed by atoms with Gasteiger partial charge in [-0.05, 0) is 24.3 Å². The fourth-order valence-corrected chi connectivity index (χ4v) is 3.34. The van der Waals surface area contributed by atoms with Crippen molar-refractivity contribution in [2.45, 2.75) is 63.7 Å². The molecule has 13 nitrogen and oxygen atoms in total. The minimum atomic E-state index is -1.37. The molecule has 11 N–H and O–H groups in total. The Morgan fingerprint density at radius 3 is 2.05 bits per heavy atom. The van der Waals surface area contributed by atoms with Gasteiger partial charge in [0, 0.05) is 13.0 Å². The van der Waals surface area contributed by atoms with E-state index in [1.54, 1.807) is 37.3 Å². The highest BCUT2D eigenvalue weighted by molar-refractivity contribution is 5.94. The molecule has 1 aromatic carbocycles. The number of aliphatic imine (C=N–C) groups is 1. The monoisotopic (exact) mass is 521 g/mol. The first-order valence-corrected chi connectivity index (χ1v) is 12.1. The van der Waals surface area contributed by atoms with Crippen LogP contribution in [0.15, 0.2) is 35.3 Å². The van der Waals surface area contributed by atoms with E-state index in [2.05, 4.69) is 20.9 Å². The van der Waals surface area contributed by atoms with Crippen LogP contribution in [0, 0.1) is 5.92 Å². The average molecular weight is 522 g/mol. The summed E-state index contributed by atoms with van der Waals surface area (Å²) in [4.78, 5) is 53.9. The second-order valence-electron chi connectivity index (χ2n) is 8.75. The molecule has 0 spiro atoms. The Hall–Kier alpha value is -3.71. The molecule has 0 radical (unpaired) electrons. The van der Waals surface area contributed by atoms with Crippen LogP contribution in [-0.4, -0.2) is 77.2 Å². The normalized spacial score (nSPS) is 14.8. The summed E-state index contributed by atoms with van der Waals surface area (Å²) >= 11 is 0. The van der Waals surface area contributed by atoms with Gasteiger partial charge in [0.2, 0.25) is 17.7 Å². The zero-order valence-electron chi connectivity index (χ0n) is 21.2. The molecular weight excluding hydrogens is 482 g/mol. The second-order valence-corrected chi connectivity index (χ2v) is 8.75. The van der Waals surface area contributed by atoms with Gasteiger partial charge in [-0.3, -0.25) is 19.4 Å². The van der Waals surface area contributed by atoms with Crippen molar-refractivity contribution in [2.24, 2.45) is 28.1 Å². The number of aliphatic hydroxyl groups excluding tert-OH is 1. The van der Waals surface area contributed by atoms with Crippen LogP contribution in [0.1, 0.15) is 38.7 Å². The second kappa shape index (κ2) is 16.1. The molecule has 0 fully saturated rings. The van der Waals surface area contributed by atoms with Crippen LogP contribution in [0.5, 0.6) is 0 Å². The lowest BCUT2D eigenvalue weighted by Crippen LogP contribution is -2.58. The molecule has 37 heavy (non-hydrogen) atoms. The predicted molar refractivity (Wildman–Crippen MR) is 138 cm³/mol. The van der Waals surface area contributed by atoms with Crippen molar-refractivity contribution in [1.82, 2.24) is 16.0 Å². The summed E-state index contributed by atoms with van der Waals surface area (Å²) in [5.74, 6) is -3.74. The number of nitrogens with two attached hydrogens (primary N) is 3. The molecule has 13 heteroatoms. The van der Waals surface area contributed by atoms with Gasteiger partial charge >= 0.3 is 5.97 Å². The van der Waals surface area contributed by atoms with E-state index in [1.165, 1.54) is 0 Å². The Kier molecular flexibility index (Phi) is 13.6. The lowest BCUT2D eigenvalue weighted by atomic mass is 9.99. The number of rotatable bonds is 16. The first kappa shape index (κ1) is 31.3. The lowest BCUT2D eigenvalue weighted by molar-refractivity contribution is -0.142. The van der Waals surface area contributed by atoms with E-state index in [0.717, 1.165) is 0 Å². The van der Waals surface area contributed by atoms with Gasteiger partial charge in [-0.1, -0.05) is 50.6 Å². The van der Waals surface area contributed by atoms with Crippen molar-refractivity contribution in [3.8, 4) is 0 Å². The summed E-state index contributed by atoms with van der Waals surface area (Å²) in [5.41, 5.74) is 17.2. The third-order valence-corrected chi connectivity index (χ3v) is 5.85. The van der Waals surface area contributed by atoms with E-state index in [0.29, 0.717) is 12.0 Å². The number of aliphatic hydroxyl groups is 1. The average Bonchev–Trinajstić information content (AvgIpc) is 2.87. The number of carbonyl (C=O) groups excluding carboxylic acids is 3. The van der Waals surface area contributed by atoms with Gasteiger partial charge in [0.15, 0.2) is 5.96 Å². The van der Waals surface area contributed by atoms with Gasteiger partial charge in [-0.15, -0.1) is 0 Å². The number of nitrogens with one attached hydrogen (secondary N) is 3. The van der Waals surface area contributed by atoms with E-state index in [-0.39, 0.29) is 37.7 Å². The van der Waals surface area contributed by atoms with Crippen molar-refractivity contribution in [2.75, 3.05) is 13.2 Å². The van der Waals surface area contributed by atoms with Crippen LogP contribution in [0.3, 0.4) is 0 Å². The van der Waals surface area contributed by atoms with Crippen LogP contribution in [0.2, 0.25) is 0 Å². The molecule has 0 aliphatic rings. The van der Waals surface area contributed by atoms with Crippen LogP contribution in [0.25, 0.3) is 0 Å². The maximum absolute atomic E-state index is 13.0. The minimum absolute atomic E-state index is 0.0272. The molecule has 5 atom stereocenters. The number of benzene rings is 1. The lowest BCUT2D eigenvalue weighted by Gasteiger charge is -2.25. The molecule has 0 aliphatic carbocycles. The van der Waals surface area contributed by atoms with Crippen LogP contribution < -0.4 is 33.2 Å². The topological polar surface area (TPSA) is 235 Å². The highest BCUT2D eigenvalue weighted by Crippen LogP contribution is 2.07. The number of guanidine groups is 1. The highest BCUT2D eigenvalue weighted by atomic mass is 16.4. The molecule has 1 rings (SSSR count).